The van der Waals surface area contributed by atoms with E-state index in [1.54, 1.807) is 20.8 Å². The Morgan fingerprint density at radius 1 is 1.53 bits per heavy atom. The summed E-state index contributed by atoms with van der Waals surface area (Å²) in [6.07, 6.45) is 1.33. The predicted molar refractivity (Wildman–Crippen MR) is 69.9 cm³/mol. The molecule has 1 heterocycles. The number of pyridine rings is 1. The molecule has 19 heavy (non-hydrogen) atoms. The second-order valence-corrected chi connectivity index (χ2v) is 4.84. The Hall–Kier alpha value is -2.09. The summed E-state index contributed by atoms with van der Waals surface area (Å²) < 4.78 is 17.9. The molecule has 0 aromatic carbocycles. The van der Waals surface area contributed by atoms with Crippen LogP contribution in [0.15, 0.2) is 18.3 Å². The summed E-state index contributed by atoms with van der Waals surface area (Å²) in [6, 6.07) is 2.52. The number of nitrogens with one attached hydrogen (secondary N) is 1. The van der Waals surface area contributed by atoms with Crippen molar-refractivity contribution in [1.82, 2.24) is 10.3 Å². The van der Waals surface area contributed by atoms with Crippen molar-refractivity contribution in [3.63, 3.8) is 0 Å². The van der Waals surface area contributed by atoms with Crippen LogP contribution in [-0.2, 0) is 4.74 Å². The molecule has 1 aromatic heterocycles. The van der Waals surface area contributed by atoms with Crippen molar-refractivity contribution in [2.75, 3.05) is 6.54 Å². The van der Waals surface area contributed by atoms with E-state index in [4.69, 9.17) is 4.74 Å². The highest BCUT2D eigenvalue weighted by atomic mass is 19.1. The zero-order chi connectivity index (χ0) is 14.3. The maximum atomic E-state index is 12.8. The van der Waals surface area contributed by atoms with E-state index in [-0.39, 0.29) is 5.82 Å². The minimum absolute atomic E-state index is 0.369. The quantitative estimate of drug-likeness (QED) is 0.659. The predicted octanol–water partition coefficient (Wildman–Crippen LogP) is 2.49. The molecule has 0 atom stereocenters. The number of halogens is 1. The van der Waals surface area contributed by atoms with E-state index in [9.17, 15) is 9.18 Å². The van der Waals surface area contributed by atoms with Gasteiger partial charge in [0.1, 0.15) is 17.1 Å². The number of carbonyl (C=O) groups is 1. The highest BCUT2D eigenvalue weighted by molar-refractivity contribution is 5.67. The van der Waals surface area contributed by atoms with Crippen molar-refractivity contribution >= 4 is 6.09 Å². The first-order chi connectivity index (χ1) is 8.87. The van der Waals surface area contributed by atoms with Crippen LogP contribution in [-0.4, -0.2) is 23.2 Å². The third kappa shape index (κ3) is 7.04. The second-order valence-electron chi connectivity index (χ2n) is 4.84. The molecule has 1 aromatic rings. The van der Waals surface area contributed by atoms with Gasteiger partial charge in [-0.15, -0.1) is 0 Å². The monoisotopic (exact) mass is 264 g/mol. The van der Waals surface area contributed by atoms with Crippen LogP contribution in [0.5, 0.6) is 0 Å². The van der Waals surface area contributed by atoms with Crippen LogP contribution in [0.2, 0.25) is 0 Å². The number of alkyl carbamates (subject to hydrolysis) is 1. The molecule has 102 valence electrons. The minimum Gasteiger partial charge on any atom is -0.444 e. The number of amides is 1. The third-order valence-corrected chi connectivity index (χ3v) is 1.86. The topological polar surface area (TPSA) is 51.2 Å². The lowest BCUT2D eigenvalue weighted by Crippen LogP contribution is -2.32. The van der Waals surface area contributed by atoms with Crippen LogP contribution in [0.3, 0.4) is 0 Å². The van der Waals surface area contributed by atoms with Crippen molar-refractivity contribution in [3.8, 4) is 11.8 Å². The summed E-state index contributed by atoms with van der Waals surface area (Å²) in [4.78, 5) is 15.2. The molecular weight excluding hydrogens is 247 g/mol. The van der Waals surface area contributed by atoms with E-state index in [2.05, 4.69) is 22.1 Å². The first-order valence-electron chi connectivity index (χ1n) is 5.94. The summed E-state index contributed by atoms with van der Waals surface area (Å²) in [7, 11) is 0. The van der Waals surface area contributed by atoms with Crippen LogP contribution in [0, 0.1) is 17.7 Å². The van der Waals surface area contributed by atoms with Crippen molar-refractivity contribution < 1.29 is 13.9 Å². The largest absolute Gasteiger partial charge is 0.444 e. The summed E-state index contributed by atoms with van der Waals surface area (Å²) >= 11 is 0. The Morgan fingerprint density at radius 3 is 2.89 bits per heavy atom. The van der Waals surface area contributed by atoms with E-state index in [1.165, 1.54) is 18.3 Å². The van der Waals surface area contributed by atoms with Crippen molar-refractivity contribution in [2.45, 2.75) is 32.8 Å². The van der Waals surface area contributed by atoms with E-state index in [0.717, 1.165) is 0 Å². The summed E-state index contributed by atoms with van der Waals surface area (Å²) in [5.74, 6) is 5.14. The molecule has 0 spiro atoms. The molecule has 0 fully saturated rings. The fraction of sp³-hybridized carbons (Fsp3) is 0.429. The Kier molecular flexibility index (Phi) is 5.31. The number of hydrogen-bond donors (Lipinski definition) is 1. The molecule has 0 saturated carbocycles. The van der Waals surface area contributed by atoms with Crippen molar-refractivity contribution in [3.05, 3.63) is 29.8 Å². The molecule has 4 nitrogen and oxygen atoms in total. The van der Waals surface area contributed by atoms with Crippen LogP contribution >= 0.6 is 0 Å². The number of hydrogen-bond acceptors (Lipinski definition) is 3. The first kappa shape index (κ1) is 15.0. The molecule has 0 unspecified atom stereocenters. The molecule has 0 aliphatic heterocycles. The van der Waals surface area contributed by atoms with Gasteiger partial charge in [-0.25, -0.2) is 14.2 Å². The van der Waals surface area contributed by atoms with E-state index in [1.807, 2.05) is 0 Å². The molecule has 1 N–H and O–H groups in total. The van der Waals surface area contributed by atoms with Crippen molar-refractivity contribution in [2.24, 2.45) is 0 Å². The van der Waals surface area contributed by atoms with Gasteiger partial charge in [0.2, 0.25) is 0 Å². The number of rotatable bonds is 2. The molecule has 0 saturated heterocycles. The second kappa shape index (κ2) is 6.74. The van der Waals surface area contributed by atoms with Gasteiger partial charge in [0.05, 0.1) is 0 Å². The van der Waals surface area contributed by atoms with E-state index in [0.29, 0.717) is 18.7 Å². The third-order valence-electron chi connectivity index (χ3n) is 1.86. The molecule has 0 radical (unpaired) electrons. The lowest BCUT2D eigenvalue weighted by atomic mass is 10.2. The molecule has 1 rings (SSSR count). The molecule has 0 bridgehead atoms. The Bertz CT molecular complexity index is 498. The molecule has 5 heteroatoms. The Balaban J connectivity index is 2.30. The number of aromatic nitrogens is 1. The van der Waals surface area contributed by atoms with Gasteiger partial charge in [0.25, 0.3) is 0 Å². The van der Waals surface area contributed by atoms with Gasteiger partial charge in [-0.2, -0.15) is 0 Å². The fourth-order valence-corrected chi connectivity index (χ4v) is 1.17. The van der Waals surface area contributed by atoms with Gasteiger partial charge in [0.15, 0.2) is 0 Å². The summed E-state index contributed by atoms with van der Waals surface area (Å²) in [5.41, 5.74) is -0.140. The highest BCUT2D eigenvalue weighted by Crippen LogP contribution is 2.06. The minimum atomic E-state index is -0.513. The van der Waals surface area contributed by atoms with Crippen LogP contribution < -0.4 is 5.32 Å². The zero-order valence-corrected chi connectivity index (χ0v) is 11.3. The van der Waals surface area contributed by atoms with E-state index >= 15 is 0 Å². The fourth-order valence-electron chi connectivity index (χ4n) is 1.17. The standard InChI is InChI=1S/C14H17FN2O2/c1-14(2,3)19-13(18)17-8-5-4-6-12-10-11(15)7-9-16-12/h7,9-10H,5,8H2,1-3H3,(H,17,18). The van der Waals surface area contributed by atoms with Crippen molar-refractivity contribution in [1.29, 1.82) is 0 Å². The van der Waals surface area contributed by atoms with Gasteiger partial charge < -0.3 is 10.1 Å². The van der Waals surface area contributed by atoms with Gasteiger partial charge >= 0.3 is 6.09 Å². The number of nitrogens with zero attached hydrogens (tertiary/aromatic N) is 1. The summed E-state index contributed by atoms with van der Waals surface area (Å²) in [5, 5.41) is 2.58. The SMILES string of the molecule is CC(C)(C)OC(=O)NCCC#Cc1cc(F)ccn1. The lowest BCUT2D eigenvalue weighted by molar-refractivity contribution is 0.0529. The molecule has 0 aliphatic carbocycles. The van der Waals surface area contributed by atoms with Gasteiger partial charge in [-0.05, 0) is 32.8 Å². The van der Waals surface area contributed by atoms with Crippen LogP contribution in [0.4, 0.5) is 9.18 Å². The normalized spacial score (nSPS) is 10.3. The molecule has 0 aliphatic rings. The molecular formula is C14H17FN2O2. The van der Waals surface area contributed by atoms with Gasteiger partial charge in [0, 0.05) is 25.2 Å². The average Bonchev–Trinajstić information content (AvgIpc) is 2.26. The van der Waals surface area contributed by atoms with Gasteiger partial charge in [-0.1, -0.05) is 5.92 Å². The van der Waals surface area contributed by atoms with Crippen LogP contribution in [0.25, 0.3) is 0 Å². The smallest absolute Gasteiger partial charge is 0.407 e. The van der Waals surface area contributed by atoms with Crippen LogP contribution in [0.1, 0.15) is 32.9 Å². The average molecular weight is 264 g/mol. The Labute approximate surface area is 112 Å². The Morgan fingerprint density at radius 2 is 2.26 bits per heavy atom. The van der Waals surface area contributed by atoms with Gasteiger partial charge in [-0.3, -0.25) is 0 Å². The zero-order valence-electron chi connectivity index (χ0n) is 11.3. The number of ether oxygens (including phenoxy) is 1. The number of carbonyl (C=O) groups excluding carboxylic acids is 1. The summed E-state index contributed by atoms with van der Waals surface area (Å²) in [6.45, 7) is 5.75. The molecule has 1 amide bonds. The maximum absolute atomic E-state index is 12.8. The lowest BCUT2D eigenvalue weighted by Gasteiger charge is -2.19. The van der Waals surface area contributed by atoms with E-state index < -0.39 is 11.7 Å². The maximum Gasteiger partial charge on any atom is 0.407 e. The highest BCUT2D eigenvalue weighted by Gasteiger charge is 2.15. The first-order valence-corrected chi connectivity index (χ1v) is 5.94.